The molecule has 0 aliphatic rings. The number of hydrogen-bond acceptors (Lipinski definition) is 4. The minimum absolute atomic E-state index is 0. The van der Waals surface area contributed by atoms with E-state index in [4.69, 9.17) is 18.9 Å². The van der Waals surface area contributed by atoms with Crippen molar-refractivity contribution in [2.45, 2.75) is 159 Å². The fraction of sp³-hybridized carbons (Fsp3) is 1.00. The fourth-order valence-corrected chi connectivity index (χ4v) is 2.03. The van der Waals surface area contributed by atoms with Gasteiger partial charge in [0.2, 0.25) is 0 Å². The summed E-state index contributed by atoms with van der Waals surface area (Å²) in [6.45, 7) is 34.6. The van der Waals surface area contributed by atoms with E-state index in [9.17, 15) is 0 Å². The van der Waals surface area contributed by atoms with Gasteiger partial charge >= 0.3 is 0 Å². The highest BCUT2D eigenvalue weighted by Crippen LogP contribution is 2.08. The average molecular weight is 560 g/mol. The van der Waals surface area contributed by atoms with Crippen LogP contribution >= 0.6 is 15.9 Å². The Balaban J connectivity index is -0.000000109. The van der Waals surface area contributed by atoms with Crippen molar-refractivity contribution in [3.8, 4) is 0 Å². The summed E-state index contributed by atoms with van der Waals surface area (Å²) in [6.07, 6.45) is 4.60. The highest BCUT2D eigenvalue weighted by atomic mass is 79.9. The molecule has 0 heterocycles. The Morgan fingerprint density at radius 2 is 0.794 bits per heavy atom. The van der Waals surface area contributed by atoms with Crippen LogP contribution in [0.1, 0.15) is 137 Å². The lowest BCUT2D eigenvalue weighted by Crippen LogP contribution is -2.19. The maximum atomic E-state index is 5.47. The molecule has 214 valence electrons. The molecule has 0 bridgehead atoms. The highest BCUT2D eigenvalue weighted by Gasteiger charge is 2.09. The topological polar surface area (TPSA) is 36.9 Å². The van der Waals surface area contributed by atoms with Crippen LogP contribution in [0.5, 0.6) is 0 Å². The van der Waals surface area contributed by atoms with Gasteiger partial charge in [-0.15, -0.1) is 0 Å². The summed E-state index contributed by atoms with van der Waals surface area (Å²) in [4.78, 5) is 0. The molecule has 0 saturated carbocycles. The van der Waals surface area contributed by atoms with Gasteiger partial charge in [0, 0.05) is 31.8 Å². The summed E-state index contributed by atoms with van der Waals surface area (Å²) in [6, 6.07) is 0. The van der Waals surface area contributed by atoms with Gasteiger partial charge in [0.05, 0.1) is 22.4 Å². The lowest BCUT2D eigenvalue weighted by atomic mass is 10.2. The zero-order chi connectivity index (χ0) is 27.2. The van der Waals surface area contributed by atoms with Crippen molar-refractivity contribution in [2.75, 3.05) is 31.8 Å². The smallest absolute Gasteiger partial charge is 0.0598 e. The molecular weight excluding hydrogens is 492 g/mol. The zero-order valence-electron chi connectivity index (χ0n) is 25.4. The molecule has 0 aliphatic carbocycles. The number of halogens is 1. The van der Waals surface area contributed by atoms with Crippen LogP contribution in [0.3, 0.4) is 0 Å². The standard InChI is InChI=1S/C8H18O.C7H15BrO.C7H16O.C6H14O.CH4/c1-5-6-7-9-8(2,3)4;1-7(2,3)9-6-4-5-8;1-5-6-8-7(2,3)4;1-5-7-6(2,3)4;/h5-7H2,1-4H3;4-6H2,1-3H3;5-6H2,1-4H3;5H2,1-4H3;1H4. The molecule has 0 aliphatic heterocycles. The predicted octanol–water partition coefficient (Wildman–Crippen LogP) is 9.86. The van der Waals surface area contributed by atoms with Crippen LogP contribution in [0, 0.1) is 0 Å². The van der Waals surface area contributed by atoms with Crippen LogP contribution in [0.25, 0.3) is 0 Å². The molecule has 0 aromatic heterocycles. The molecule has 0 saturated heterocycles. The van der Waals surface area contributed by atoms with Crippen molar-refractivity contribution in [1.82, 2.24) is 0 Å². The summed E-state index contributed by atoms with van der Waals surface area (Å²) in [5.41, 5.74) is 0.183. The SMILES string of the molecule is C.CC(C)(C)OCCCBr.CCCCOC(C)(C)C.CCCOC(C)(C)C.CCOC(C)(C)C. The highest BCUT2D eigenvalue weighted by molar-refractivity contribution is 9.09. The van der Waals surface area contributed by atoms with Gasteiger partial charge in [0.25, 0.3) is 0 Å². The third-order valence-corrected chi connectivity index (χ3v) is 3.72. The molecular formula is C29H67BrO4. The molecule has 34 heavy (non-hydrogen) atoms. The first-order valence-corrected chi connectivity index (χ1v) is 14.0. The molecule has 0 radical (unpaired) electrons. The average Bonchev–Trinajstić information content (AvgIpc) is 2.58. The van der Waals surface area contributed by atoms with Gasteiger partial charge in [0.15, 0.2) is 0 Å². The van der Waals surface area contributed by atoms with E-state index in [1.54, 1.807) is 0 Å². The van der Waals surface area contributed by atoms with Gasteiger partial charge in [0.1, 0.15) is 0 Å². The van der Waals surface area contributed by atoms with Crippen molar-refractivity contribution in [3.63, 3.8) is 0 Å². The monoisotopic (exact) mass is 558 g/mol. The van der Waals surface area contributed by atoms with E-state index in [0.717, 1.165) is 44.6 Å². The second-order valence-corrected chi connectivity index (χ2v) is 12.6. The quantitative estimate of drug-likeness (QED) is 0.208. The van der Waals surface area contributed by atoms with Crippen molar-refractivity contribution in [3.05, 3.63) is 0 Å². The molecule has 0 aromatic rings. The van der Waals surface area contributed by atoms with Crippen LogP contribution in [0.4, 0.5) is 0 Å². The Morgan fingerprint density at radius 3 is 0.971 bits per heavy atom. The Morgan fingerprint density at radius 1 is 0.471 bits per heavy atom. The summed E-state index contributed by atoms with van der Waals surface area (Å²) < 4.78 is 21.5. The van der Waals surface area contributed by atoms with Gasteiger partial charge in [-0.25, -0.2) is 0 Å². The van der Waals surface area contributed by atoms with E-state index in [2.05, 4.69) is 113 Å². The predicted molar refractivity (Wildman–Crippen MR) is 159 cm³/mol. The number of ether oxygens (including phenoxy) is 4. The number of unbranched alkanes of at least 4 members (excludes halogenated alkanes) is 1. The number of hydrogen-bond donors (Lipinski definition) is 0. The van der Waals surface area contributed by atoms with E-state index >= 15 is 0 Å². The largest absolute Gasteiger partial charge is 0.376 e. The Hall–Kier alpha value is 0.320. The van der Waals surface area contributed by atoms with Crippen molar-refractivity contribution in [1.29, 1.82) is 0 Å². The first-order valence-electron chi connectivity index (χ1n) is 12.9. The third-order valence-electron chi connectivity index (χ3n) is 3.16. The van der Waals surface area contributed by atoms with Crippen molar-refractivity contribution in [2.24, 2.45) is 0 Å². The summed E-state index contributed by atoms with van der Waals surface area (Å²) in [5.74, 6) is 0. The number of rotatable bonds is 9. The van der Waals surface area contributed by atoms with Gasteiger partial charge in [-0.1, -0.05) is 43.6 Å². The van der Waals surface area contributed by atoms with E-state index in [-0.39, 0.29) is 29.8 Å². The van der Waals surface area contributed by atoms with E-state index < -0.39 is 0 Å². The van der Waals surface area contributed by atoms with Crippen molar-refractivity contribution < 1.29 is 18.9 Å². The molecule has 0 aromatic carbocycles. The molecule has 0 rings (SSSR count). The zero-order valence-corrected chi connectivity index (χ0v) is 27.0. The molecule has 0 atom stereocenters. The first kappa shape index (κ1) is 44.3. The van der Waals surface area contributed by atoms with Crippen LogP contribution < -0.4 is 0 Å². The lowest BCUT2D eigenvalue weighted by molar-refractivity contribution is -0.00427. The normalized spacial score (nSPS) is 11.6. The summed E-state index contributed by atoms with van der Waals surface area (Å²) in [7, 11) is 0. The molecule has 0 N–H and O–H groups in total. The third kappa shape index (κ3) is 69.7. The van der Waals surface area contributed by atoms with Gasteiger partial charge in [-0.3, -0.25) is 0 Å². The molecule has 4 nitrogen and oxygen atoms in total. The molecule has 0 spiro atoms. The van der Waals surface area contributed by atoms with E-state index in [1.807, 2.05) is 6.92 Å². The Labute approximate surface area is 225 Å². The first-order chi connectivity index (χ1) is 14.7. The summed E-state index contributed by atoms with van der Waals surface area (Å²) in [5, 5.41) is 1.03. The summed E-state index contributed by atoms with van der Waals surface area (Å²) >= 11 is 3.34. The van der Waals surface area contributed by atoms with Crippen molar-refractivity contribution >= 4 is 15.9 Å². The minimum atomic E-state index is 0. The fourth-order valence-electron chi connectivity index (χ4n) is 1.80. The van der Waals surface area contributed by atoms with Crippen LogP contribution in [0.15, 0.2) is 0 Å². The molecule has 0 amide bonds. The van der Waals surface area contributed by atoms with Crippen LogP contribution in [-0.4, -0.2) is 54.2 Å². The molecule has 5 heteroatoms. The second kappa shape index (κ2) is 25.0. The number of alkyl halides is 1. The van der Waals surface area contributed by atoms with Crippen LogP contribution in [-0.2, 0) is 18.9 Å². The van der Waals surface area contributed by atoms with E-state index in [1.165, 1.54) is 12.8 Å². The second-order valence-electron chi connectivity index (χ2n) is 11.8. The minimum Gasteiger partial charge on any atom is -0.376 e. The van der Waals surface area contributed by atoms with Gasteiger partial charge < -0.3 is 18.9 Å². The Kier molecular flexibility index (Phi) is 32.6. The molecule has 0 unspecified atom stereocenters. The lowest BCUT2D eigenvalue weighted by Gasteiger charge is -2.18. The molecule has 0 fully saturated rings. The van der Waals surface area contributed by atoms with Gasteiger partial charge in [-0.2, -0.15) is 0 Å². The Bertz CT molecular complexity index is 352. The van der Waals surface area contributed by atoms with Gasteiger partial charge in [-0.05, 0) is 109 Å². The maximum absolute atomic E-state index is 5.47. The maximum Gasteiger partial charge on any atom is 0.0598 e. The van der Waals surface area contributed by atoms with E-state index in [0.29, 0.717) is 0 Å². The van der Waals surface area contributed by atoms with Crippen LogP contribution in [0.2, 0.25) is 0 Å².